The number of aromatic nitrogens is 1. The summed E-state index contributed by atoms with van der Waals surface area (Å²) in [6.45, 7) is 8.38. The van der Waals surface area contributed by atoms with Crippen LogP contribution in [0.5, 0.6) is 0 Å². The molecule has 21 heavy (non-hydrogen) atoms. The second-order valence-corrected chi connectivity index (χ2v) is 6.79. The van der Waals surface area contributed by atoms with Crippen molar-refractivity contribution in [2.24, 2.45) is 0 Å². The zero-order valence-electron chi connectivity index (χ0n) is 13.2. The number of nitrogens with zero attached hydrogens (tertiary/aromatic N) is 1. The summed E-state index contributed by atoms with van der Waals surface area (Å²) in [4.78, 5) is 4.19. The summed E-state index contributed by atoms with van der Waals surface area (Å²) in [6.07, 6.45) is 11.2. The molecule has 0 spiro atoms. The topological polar surface area (TPSA) is 31.4 Å². The predicted molar refractivity (Wildman–Crippen MR) is 85.8 cm³/mol. The summed E-state index contributed by atoms with van der Waals surface area (Å²) in [5.74, 6) is 0.242. The molecule has 0 saturated carbocycles. The molecule has 1 aliphatic carbocycles. The first kappa shape index (κ1) is 14.5. The molecule has 0 aromatic carbocycles. The zero-order valence-corrected chi connectivity index (χ0v) is 13.2. The lowest BCUT2D eigenvalue weighted by atomic mass is 9.67. The smallest absolute Gasteiger partial charge is 0.403 e. The minimum absolute atomic E-state index is 0.188. The SMILES string of the molecule is CC1(C)OB(C2C=C(c3cccnc3)C=CC2)OC1(C)C. The van der Waals surface area contributed by atoms with Crippen LogP contribution in [0.3, 0.4) is 0 Å². The van der Waals surface area contributed by atoms with E-state index in [4.69, 9.17) is 9.31 Å². The largest absolute Gasteiger partial charge is 0.465 e. The highest BCUT2D eigenvalue weighted by Crippen LogP contribution is 2.42. The maximum absolute atomic E-state index is 6.17. The molecule has 3 nitrogen and oxygen atoms in total. The van der Waals surface area contributed by atoms with Gasteiger partial charge in [-0.1, -0.05) is 24.3 Å². The number of allylic oxidation sites excluding steroid dienone is 4. The molecule has 3 rings (SSSR count). The first-order valence-corrected chi connectivity index (χ1v) is 7.53. The second kappa shape index (κ2) is 5.11. The van der Waals surface area contributed by atoms with E-state index in [2.05, 4.69) is 57.0 Å². The second-order valence-electron chi connectivity index (χ2n) is 6.79. The lowest BCUT2D eigenvalue weighted by Crippen LogP contribution is -2.41. The van der Waals surface area contributed by atoms with E-state index in [1.807, 2.05) is 12.3 Å². The molecule has 110 valence electrons. The van der Waals surface area contributed by atoms with Gasteiger partial charge in [-0.2, -0.15) is 0 Å². The Bertz CT molecular complexity index is 562. The lowest BCUT2D eigenvalue weighted by Gasteiger charge is -2.32. The fraction of sp³-hybridized carbons (Fsp3) is 0.471. The Morgan fingerprint density at radius 2 is 1.90 bits per heavy atom. The third-order valence-electron chi connectivity index (χ3n) is 4.72. The molecule has 2 heterocycles. The summed E-state index contributed by atoms with van der Waals surface area (Å²) in [5, 5.41) is 0. The van der Waals surface area contributed by atoms with Crippen LogP contribution in [-0.4, -0.2) is 23.3 Å². The van der Waals surface area contributed by atoms with Gasteiger partial charge in [0, 0.05) is 18.2 Å². The van der Waals surface area contributed by atoms with Crippen LogP contribution < -0.4 is 0 Å². The van der Waals surface area contributed by atoms with Gasteiger partial charge in [0.2, 0.25) is 0 Å². The minimum Gasteiger partial charge on any atom is -0.403 e. The summed E-state index contributed by atoms with van der Waals surface area (Å²) in [5.41, 5.74) is 1.77. The molecular formula is C17H22BNO2. The maximum atomic E-state index is 6.17. The Hall–Kier alpha value is -1.39. The van der Waals surface area contributed by atoms with Crippen LogP contribution in [0, 0.1) is 0 Å². The number of hydrogen-bond donors (Lipinski definition) is 0. The van der Waals surface area contributed by atoms with Gasteiger partial charge < -0.3 is 9.31 Å². The van der Waals surface area contributed by atoms with Crippen LogP contribution in [0.1, 0.15) is 39.7 Å². The standard InChI is InChI=1S/C17H22BNO2/c1-16(2)17(3,4)21-18(20-16)15-9-5-7-13(11-15)14-8-6-10-19-12-14/h5-8,10-12,15H,9H2,1-4H3. The van der Waals surface area contributed by atoms with Gasteiger partial charge in [0.05, 0.1) is 11.2 Å². The number of hydrogen-bond acceptors (Lipinski definition) is 3. The number of pyridine rings is 1. The van der Waals surface area contributed by atoms with Gasteiger partial charge in [-0.15, -0.1) is 0 Å². The van der Waals surface area contributed by atoms with Crippen molar-refractivity contribution in [3.63, 3.8) is 0 Å². The molecule has 1 saturated heterocycles. The first-order valence-electron chi connectivity index (χ1n) is 7.53. The van der Waals surface area contributed by atoms with Crippen molar-refractivity contribution in [3.8, 4) is 0 Å². The molecule has 1 fully saturated rings. The Balaban J connectivity index is 1.82. The number of rotatable bonds is 2. The van der Waals surface area contributed by atoms with E-state index >= 15 is 0 Å². The average molecular weight is 283 g/mol. The van der Waals surface area contributed by atoms with Gasteiger partial charge in [0.1, 0.15) is 0 Å². The summed E-state index contributed by atoms with van der Waals surface area (Å²) < 4.78 is 12.3. The van der Waals surface area contributed by atoms with Crippen molar-refractivity contribution in [1.82, 2.24) is 4.98 Å². The predicted octanol–water partition coefficient (Wildman–Crippen LogP) is 3.89. The van der Waals surface area contributed by atoms with Crippen molar-refractivity contribution in [2.45, 2.75) is 51.1 Å². The van der Waals surface area contributed by atoms with Crippen LogP contribution in [0.25, 0.3) is 5.57 Å². The first-order chi connectivity index (χ1) is 9.89. The van der Waals surface area contributed by atoms with E-state index in [1.54, 1.807) is 6.20 Å². The van der Waals surface area contributed by atoms with Crippen molar-refractivity contribution < 1.29 is 9.31 Å². The highest BCUT2D eigenvalue weighted by atomic mass is 16.7. The highest BCUT2D eigenvalue weighted by Gasteiger charge is 2.53. The molecule has 1 atom stereocenters. The molecule has 0 bridgehead atoms. The molecule has 0 amide bonds. The molecular weight excluding hydrogens is 261 g/mol. The third-order valence-corrected chi connectivity index (χ3v) is 4.72. The quantitative estimate of drug-likeness (QED) is 0.772. The van der Waals surface area contributed by atoms with E-state index in [1.165, 1.54) is 5.57 Å². The third kappa shape index (κ3) is 2.70. The molecule has 1 unspecified atom stereocenters. The maximum Gasteiger partial charge on any atom is 0.465 e. The average Bonchev–Trinajstić information content (AvgIpc) is 2.69. The zero-order chi connectivity index (χ0) is 15.1. The van der Waals surface area contributed by atoms with Crippen molar-refractivity contribution in [2.75, 3.05) is 0 Å². The van der Waals surface area contributed by atoms with Crippen molar-refractivity contribution in [1.29, 1.82) is 0 Å². The van der Waals surface area contributed by atoms with Gasteiger partial charge in [-0.3, -0.25) is 4.98 Å². The van der Waals surface area contributed by atoms with E-state index in [0.717, 1.165) is 12.0 Å². The summed E-state index contributed by atoms with van der Waals surface area (Å²) in [6, 6.07) is 4.04. The van der Waals surface area contributed by atoms with Crippen molar-refractivity contribution >= 4 is 12.7 Å². The Morgan fingerprint density at radius 1 is 1.19 bits per heavy atom. The van der Waals surface area contributed by atoms with Crippen molar-refractivity contribution in [3.05, 3.63) is 48.3 Å². The van der Waals surface area contributed by atoms with Gasteiger partial charge in [-0.25, -0.2) is 0 Å². The summed E-state index contributed by atoms with van der Waals surface area (Å²) >= 11 is 0. The molecule has 0 radical (unpaired) electrons. The van der Waals surface area contributed by atoms with E-state index in [9.17, 15) is 0 Å². The molecule has 2 aliphatic rings. The molecule has 4 heteroatoms. The van der Waals surface area contributed by atoms with Gasteiger partial charge in [0.25, 0.3) is 0 Å². The van der Waals surface area contributed by atoms with Crippen LogP contribution in [0.2, 0.25) is 5.82 Å². The normalized spacial score (nSPS) is 26.8. The Morgan fingerprint density at radius 3 is 2.52 bits per heavy atom. The molecule has 1 aromatic rings. The van der Waals surface area contributed by atoms with Gasteiger partial charge >= 0.3 is 7.12 Å². The molecule has 1 aliphatic heterocycles. The highest BCUT2D eigenvalue weighted by molar-refractivity contribution is 6.48. The van der Waals surface area contributed by atoms with E-state index < -0.39 is 0 Å². The lowest BCUT2D eigenvalue weighted by molar-refractivity contribution is 0.00578. The fourth-order valence-corrected chi connectivity index (χ4v) is 2.69. The molecule has 0 N–H and O–H groups in total. The van der Waals surface area contributed by atoms with Gasteiger partial charge in [0.15, 0.2) is 0 Å². The fourth-order valence-electron chi connectivity index (χ4n) is 2.69. The molecule has 1 aromatic heterocycles. The Labute approximate surface area is 127 Å². The van der Waals surface area contributed by atoms with E-state index in [0.29, 0.717) is 0 Å². The van der Waals surface area contributed by atoms with Crippen LogP contribution in [-0.2, 0) is 9.31 Å². The Kier molecular flexibility index (Phi) is 3.54. The monoisotopic (exact) mass is 283 g/mol. The minimum atomic E-state index is -0.277. The van der Waals surface area contributed by atoms with Crippen LogP contribution in [0.15, 0.2) is 42.8 Å². The van der Waals surface area contributed by atoms with Gasteiger partial charge in [-0.05, 0) is 51.3 Å². The van der Waals surface area contributed by atoms with E-state index in [-0.39, 0.29) is 24.1 Å². The summed E-state index contributed by atoms with van der Waals surface area (Å²) in [7, 11) is -0.188. The van der Waals surface area contributed by atoms with Crippen LogP contribution in [0.4, 0.5) is 0 Å². The van der Waals surface area contributed by atoms with Crippen LogP contribution >= 0.6 is 0 Å².